The third-order valence-electron chi connectivity index (χ3n) is 3.35. The van der Waals surface area contributed by atoms with E-state index in [9.17, 15) is 4.79 Å². The van der Waals surface area contributed by atoms with Gasteiger partial charge in [0.2, 0.25) is 0 Å². The highest BCUT2D eigenvalue weighted by Gasteiger charge is 2.30. The van der Waals surface area contributed by atoms with Gasteiger partial charge in [-0.3, -0.25) is 4.79 Å². The monoisotopic (exact) mass is 329 g/mol. The van der Waals surface area contributed by atoms with Crippen LogP contribution < -0.4 is 14.4 Å². The number of hydrogen-bond donors (Lipinski definition) is 0. The second-order valence-electron chi connectivity index (χ2n) is 4.76. The molecule has 2 heterocycles. The zero-order valence-corrected chi connectivity index (χ0v) is 13.8. The maximum Gasteiger partial charge on any atom is 0.284 e. The van der Waals surface area contributed by atoms with E-state index in [1.54, 1.807) is 45.5 Å². The Morgan fingerprint density at radius 2 is 2.00 bits per heavy atom. The first-order chi connectivity index (χ1) is 11.1. The summed E-state index contributed by atoms with van der Waals surface area (Å²) in [6.07, 6.45) is 3.39. The summed E-state index contributed by atoms with van der Waals surface area (Å²) in [4.78, 5) is 22.6. The fourth-order valence-electron chi connectivity index (χ4n) is 2.28. The lowest BCUT2D eigenvalue weighted by atomic mass is 10.1. The molecule has 3 rings (SSSR count). The number of thiazole rings is 1. The highest BCUT2D eigenvalue weighted by atomic mass is 32.1. The van der Waals surface area contributed by atoms with Crippen molar-refractivity contribution < 1.29 is 14.3 Å². The molecule has 0 fully saturated rings. The number of methoxy groups -OCH3 is 2. The van der Waals surface area contributed by atoms with E-state index < -0.39 is 0 Å². The minimum atomic E-state index is -0.188. The van der Waals surface area contributed by atoms with Crippen LogP contribution in [0.5, 0.6) is 11.5 Å². The Morgan fingerprint density at radius 1 is 1.22 bits per heavy atom. The number of amides is 1. The minimum absolute atomic E-state index is 0.188. The van der Waals surface area contributed by atoms with Gasteiger partial charge in [-0.25, -0.2) is 14.9 Å². The molecular weight excluding hydrogens is 314 g/mol. The number of carbonyl (C=O) groups excluding carboxylic acids is 1. The molecule has 1 aliphatic heterocycles. The summed E-state index contributed by atoms with van der Waals surface area (Å²) >= 11 is 1.40. The van der Waals surface area contributed by atoms with E-state index in [0.29, 0.717) is 28.2 Å². The Balaban J connectivity index is 1.93. The zero-order valence-electron chi connectivity index (χ0n) is 12.9. The quantitative estimate of drug-likeness (QED) is 0.809. The van der Waals surface area contributed by atoms with E-state index in [1.165, 1.54) is 16.2 Å². The van der Waals surface area contributed by atoms with E-state index in [4.69, 9.17) is 9.47 Å². The van der Waals surface area contributed by atoms with Gasteiger partial charge in [-0.1, -0.05) is 6.07 Å². The number of rotatable bonds is 4. The molecule has 0 saturated heterocycles. The second-order valence-corrected chi connectivity index (χ2v) is 5.63. The van der Waals surface area contributed by atoms with Gasteiger partial charge < -0.3 is 9.47 Å². The number of ether oxygens (including phenoxy) is 2. The molecule has 0 radical (unpaired) electrons. The average Bonchev–Trinajstić information content (AvgIpc) is 3.16. The summed E-state index contributed by atoms with van der Waals surface area (Å²) in [5.41, 5.74) is 1.17. The van der Waals surface area contributed by atoms with E-state index in [2.05, 4.69) is 9.98 Å². The van der Waals surface area contributed by atoms with E-state index in [-0.39, 0.29) is 5.91 Å². The Morgan fingerprint density at radius 3 is 2.65 bits per heavy atom. The fourth-order valence-corrected chi connectivity index (χ4v) is 2.97. The molecule has 23 heavy (non-hydrogen) atoms. The Kier molecular flexibility index (Phi) is 4.12. The number of anilines is 1. The summed E-state index contributed by atoms with van der Waals surface area (Å²) in [5, 5.41) is 2.44. The van der Waals surface area contributed by atoms with Crippen LogP contribution in [0.3, 0.4) is 0 Å². The molecule has 0 unspecified atom stereocenters. The molecule has 2 aromatic rings. The number of nitrogens with zero attached hydrogens (tertiary/aromatic N) is 3. The third kappa shape index (κ3) is 2.83. The molecule has 0 bridgehead atoms. The lowest BCUT2D eigenvalue weighted by Gasteiger charge is -2.11. The Bertz CT molecular complexity index is 797. The zero-order chi connectivity index (χ0) is 16.4. The molecule has 6 nitrogen and oxygen atoms in total. The summed E-state index contributed by atoms with van der Waals surface area (Å²) in [5.74, 6) is 1.66. The van der Waals surface area contributed by atoms with Crippen molar-refractivity contribution >= 4 is 34.3 Å². The molecule has 0 spiro atoms. The van der Waals surface area contributed by atoms with Crippen LogP contribution in [0.4, 0.5) is 5.13 Å². The molecule has 0 aliphatic carbocycles. The van der Waals surface area contributed by atoms with Gasteiger partial charge in [0.25, 0.3) is 5.91 Å². The largest absolute Gasteiger partial charge is 0.493 e. The summed E-state index contributed by atoms with van der Waals surface area (Å²) in [6.45, 7) is 1.79. The first-order valence-electron chi connectivity index (χ1n) is 6.87. The van der Waals surface area contributed by atoms with Crippen molar-refractivity contribution in [2.45, 2.75) is 6.92 Å². The number of carbonyl (C=O) groups is 1. The molecule has 1 aliphatic rings. The maximum absolute atomic E-state index is 12.6. The first kappa shape index (κ1) is 15.2. The van der Waals surface area contributed by atoms with Gasteiger partial charge in [0.15, 0.2) is 16.6 Å². The van der Waals surface area contributed by atoms with Crippen molar-refractivity contribution in [2.75, 3.05) is 19.1 Å². The van der Waals surface area contributed by atoms with Crippen LogP contribution in [0.1, 0.15) is 12.5 Å². The van der Waals surface area contributed by atoms with E-state index >= 15 is 0 Å². The third-order valence-corrected chi connectivity index (χ3v) is 4.11. The number of amidine groups is 1. The smallest absolute Gasteiger partial charge is 0.284 e. The first-order valence-corrected chi connectivity index (χ1v) is 7.75. The van der Waals surface area contributed by atoms with Crippen molar-refractivity contribution in [2.24, 2.45) is 4.99 Å². The molecule has 1 amide bonds. The summed E-state index contributed by atoms with van der Waals surface area (Å²) in [7, 11) is 3.15. The SMILES string of the molecule is COc1ccc(/C=C2\N=C(C)N(c3nccs3)C2=O)cc1OC. The second kappa shape index (κ2) is 6.21. The highest BCUT2D eigenvalue weighted by Crippen LogP contribution is 2.30. The maximum atomic E-state index is 12.6. The van der Waals surface area contributed by atoms with Gasteiger partial charge in [0.05, 0.1) is 14.2 Å². The molecule has 1 aromatic carbocycles. The summed E-state index contributed by atoms with van der Waals surface area (Å²) < 4.78 is 10.5. The van der Waals surface area contributed by atoms with E-state index in [0.717, 1.165) is 5.56 Å². The van der Waals surface area contributed by atoms with Crippen molar-refractivity contribution in [3.8, 4) is 11.5 Å². The van der Waals surface area contributed by atoms with Gasteiger partial charge in [0, 0.05) is 11.6 Å². The van der Waals surface area contributed by atoms with Crippen LogP contribution in [0.15, 0.2) is 40.5 Å². The minimum Gasteiger partial charge on any atom is -0.493 e. The predicted molar refractivity (Wildman–Crippen MR) is 90.2 cm³/mol. The fraction of sp³-hybridized carbons (Fsp3) is 0.188. The molecule has 0 saturated carbocycles. The number of aromatic nitrogens is 1. The topological polar surface area (TPSA) is 64.0 Å². The molecule has 1 aromatic heterocycles. The van der Waals surface area contributed by atoms with Crippen molar-refractivity contribution in [3.05, 3.63) is 41.0 Å². The van der Waals surface area contributed by atoms with Crippen LogP contribution in [0, 0.1) is 0 Å². The average molecular weight is 329 g/mol. The van der Waals surface area contributed by atoms with Crippen LogP contribution >= 0.6 is 11.3 Å². The van der Waals surface area contributed by atoms with Crippen LogP contribution in [0.25, 0.3) is 6.08 Å². The standard InChI is InChI=1S/C16H15N3O3S/c1-10-18-12(15(20)19(10)16-17-6-7-23-16)8-11-4-5-13(21-2)14(9-11)22-3/h4-9H,1-3H3/b12-8-. The molecule has 0 N–H and O–H groups in total. The predicted octanol–water partition coefficient (Wildman–Crippen LogP) is 2.97. The molecule has 0 atom stereocenters. The molecule has 7 heteroatoms. The van der Waals surface area contributed by atoms with Crippen molar-refractivity contribution in [1.29, 1.82) is 0 Å². The molecular formula is C16H15N3O3S. The number of aliphatic imine (C=N–C) groups is 1. The van der Waals surface area contributed by atoms with Gasteiger partial charge in [-0.15, -0.1) is 11.3 Å². The number of benzene rings is 1. The lowest BCUT2D eigenvalue weighted by Crippen LogP contribution is -2.29. The van der Waals surface area contributed by atoms with Crippen LogP contribution in [-0.4, -0.2) is 30.9 Å². The van der Waals surface area contributed by atoms with Crippen LogP contribution in [-0.2, 0) is 4.79 Å². The normalized spacial score (nSPS) is 16.0. The number of hydrogen-bond acceptors (Lipinski definition) is 6. The van der Waals surface area contributed by atoms with E-state index in [1.807, 2.05) is 11.4 Å². The lowest BCUT2D eigenvalue weighted by molar-refractivity contribution is -0.113. The highest BCUT2D eigenvalue weighted by molar-refractivity contribution is 7.14. The van der Waals surface area contributed by atoms with Gasteiger partial charge in [0.1, 0.15) is 11.5 Å². The Labute approximate surface area is 137 Å². The van der Waals surface area contributed by atoms with Gasteiger partial charge in [-0.2, -0.15) is 0 Å². The van der Waals surface area contributed by atoms with Crippen molar-refractivity contribution in [3.63, 3.8) is 0 Å². The van der Waals surface area contributed by atoms with Crippen LogP contribution in [0.2, 0.25) is 0 Å². The van der Waals surface area contributed by atoms with Gasteiger partial charge >= 0.3 is 0 Å². The van der Waals surface area contributed by atoms with Crippen molar-refractivity contribution in [1.82, 2.24) is 4.98 Å². The van der Waals surface area contributed by atoms with Gasteiger partial charge in [-0.05, 0) is 30.7 Å². The Hall–Kier alpha value is -2.67. The summed E-state index contributed by atoms with van der Waals surface area (Å²) in [6, 6.07) is 5.44. The molecule has 118 valence electrons.